The van der Waals surface area contributed by atoms with E-state index in [1.54, 1.807) is 4.90 Å². The standard InChI is InChI=1S/C19H29IN2O4/c1-13(2)22-11-14(15(20)12-22)10-19(16(23)24)6-8-21(9-7-19)17(25)26-18(3,4)5/h11-13H,6-10H2,1-5H3,(H,23,24). The minimum absolute atomic E-state index is 0.340. The molecule has 0 aromatic carbocycles. The molecule has 0 unspecified atom stereocenters. The van der Waals surface area contributed by atoms with Gasteiger partial charge in [-0.25, -0.2) is 4.79 Å². The van der Waals surface area contributed by atoms with Crippen LogP contribution in [0.2, 0.25) is 0 Å². The number of hydrogen-bond donors (Lipinski definition) is 1. The molecule has 2 rings (SSSR count). The molecule has 7 heteroatoms. The summed E-state index contributed by atoms with van der Waals surface area (Å²) in [6.45, 7) is 10.5. The van der Waals surface area contributed by atoms with Crippen molar-refractivity contribution in [2.45, 2.75) is 65.5 Å². The van der Waals surface area contributed by atoms with Gasteiger partial charge in [0.15, 0.2) is 0 Å². The Kier molecular flexibility index (Phi) is 6.30. The van der Waals surface area contributed by atoms with Crippen LogP contribution in [0.5, 0.6) is 0 Å². The minimum Gasteiger partial charge on any atom is -0.481 e. The van der Waals surface area contributed by atoms with Gasteiger partial charge < -0.3 is 19.3 Å². The van der Waals surface area contributed by atoms with E-state index in [9.17, 15) is 14.7 Å². The minimum atomic E-state index is -0.832. The van der Waals surface area contributed by atoms with Gasteiger partial charge in [-0.05, 0) is 82.0 Å². The van der Waals surface area contributed by atoms with Crippen LogP contribution in [0.1, 0.15) is 59.1 Å². The fourth-order valence-electron chi connectivity index (χ4n) is 3.20. The van der Waals surface area contributed by atoms with Crippen LogP contribution in [0.15, 0.2) is 12.4 Å². The van der Waals surface area contributed by atoms with E-state index in [2.05, 4.69) is 53.4 Å². The van der Waals surface area contributed by atoms with Crippen molar-refractivity contribution < 1.29 is 19.4 Å². The van der Waals surface area contributed by atoms with Crippen molar-refractivity contribution in [3.8, 4) is 0 Å². The van der Waals surface area contributed by atoms with Crippen LogP contribution in [0.3, 0.4) is 0 Å². The third-order valence-corrected chi connectivity index (χ3v) is 5.80. The lowest BCUT2D eigenvalue weighted by Gasteiger charge is -2.39. The van der Waals surface area contributed by atoms with E-state index in [4.69, 9.17) is 4.74 Å². The summed E-state index contributed by atoms with van der Waals surface area (Å²) < 4.78 is 8.61. The molecule has 0 atom stereocenters. The van der Waals surface area contributed by atoms with Gasteiger partial charge in [-0.2, -0.15) is 0 Å². The monoisotopic (exact) mass is 476 g/mol. The number of aliphatic carboxylic acids is 1. The van der Waals surface area contributed by atoms with Gasteiger partial charge in [-0.3, -0.25) is 4.79 Å². The number of rotatable bonds is 4. The molecule has 1 amide bonds. The smallest absolute Gasteiger partial charge is 0.410 e. The van der Waals surface area contributed by atoms with Crippen molar-refractivity contribution in [3.05, 3.63) is 21.5 Å². The third-order valence-electron chi connectivity index (χ3n) is 4.83. The van der Waals surface area contributed by atoms with Gasteiger partial charge in [-0.15, -0.1) is 0 Å². The zero-order valence-corrected chi connectivity index (χ0v) is 18.4. The van der Waals surface area contributed by atoms with Crippen molar-refractivity contribution in [3.63, 3.8) is 0 Å². The normalized spacial score (nSPS) is 17.4. The van der Waals surface area contributed by atoms with Crippen LogP contribution < -0.4 is 0 Å². The Balaban J connectivity index is 2.11. The summed E-state index contributed by atoms with van der Waals surface area (Å²) in [5.41, 5.74) is -0.317. The molecule has 0 saturated carbocycles. The zero-order chi connectivity index (χ0) is 19.7. The number of carbonyl (C=O) groups is 2. The predicted octanol–water partition coefficient (Wildman–Crippen LogP) is 4.32. The third kappa shape index (κ3) is 4.92. The fraction of sp³-hybridized carbons (Fsp3) is 0.684. The maximum absolute atomic E-state index is 12.2. The first-order valence-corrected chi connectivity index (χ1v) is 10.1. The Morgan fingerprint density at radius 3 is 2.27 bits per heavy atom. The summed E-state index contributed by atoms with van der Waals surface area (Å²) in [4.78, 5) is 26.0. The summed E-state index contributed by atoms with van der Waals surface area (Å²) in [5.74, 6) is -0.783. The molecule has 1 aliphatic heterocycles. The molecule has 26 heavy (non-hydrogen) atoms. The lowest BCUT2D eigenvalue weighted by atomic mass is 9.74. The van der Waals surface area contributed by atoms with Crippen molar-refractivity contribution in [2.75, 3.05) is 13.1 Å². The Morgan fingerprint density at radius 2 is 1.85 bits per heavy atom. The van der Waals surface area contributed by atoms with Gasteiger partial charge in [0.2, 0.25) is 0 Å². The first-order valence-electron chi connectivity index (χ1n) is 9.01. The van der Waals surface area contributed by atoms with Gasteiger partial charge in [0.25, 0.3) is 0 Å². The number of ether oxygens (including phenoxy) is 1. The van der Waals surface area contributed by atoms with Crippen LogP contribution in [0, 0.1) is 8.99 Å². The van der Waals surface area contributed by atoms with Crippen molar-refractivity contribution in [1.29, 1.82) is 0 Å². The predicted molar refractivity (Wildman–Crippen MR) is 108 cm³/mol. The highest BCUT2D eigenvalue weighted by molar-refractivity contribution is 14.1. The van der Waals surface area contributed by atoms with Crippen molar-refractivity contribution in [1.82, 2.24) is 9.47 Å². The second kappa shape index (κ2) is 7.78. The molecule has 0 bridgehead atoms. The van der Waals surface area contributed by atoms with E-state index in [0.29, 0.717) is 38.4 Å². The number of halogens is 1. The summed E-state index contributed by atoms with van der Waals surface area (Å²) in [7, 11) is 0. The number of carboxylic acids is 1. The maximum Gasteiger partial charge on any atom is 0.410 e. The van der Waals surface area contributed by atoms with Gasteiger partial charge in [0.05, 0.1) is 5.41 Å². The molecular weight excluding hydrogens is 447 g/mol. The van der Waals surface area contributed by atoms with Crippen LogP contribution in [-0.2, 0) is 16.0 Å². The molecule has 0 radical (unpaired) electrons. The quantitative estimate of drug-likeness (QED) is 0.658. The van der Waals surface area contributed by atoms with Gasteiger partial charge >= 0.3 is 12.1 Å². The molecule has 1 aromatic heterocycles. The number of nitrogens with zero attached hydrogens (tertiary/aromatic N) is 2. The second-order valence-corrected chi connectivity index (χ2v) is 9.56. The molecule has 1 aromatic rings. The fourth-order valence-corrected chi connectivity index (χ4v) is 3.85. The average molecular weight is 476 g/mol. The van der Waals surface area contributed by atoms with E-state index < -0.39 is 17.0 Å². The Morgan fingerprint density at radius 1 is 1.27 bits per heavy atom. The zero-order valence-electron chi connectivity index (χ0n) is 16.2. The highest BCUT2D eigenvalue weighted by Gasteiger charge is 2.43. The Labute approximate surface area is 169 Å². The summed E-state index contributed by atoms with van der Waals surface area (Å²) in [6, 6.07) is 0.340. The average Bonchev–Trinajstić information content (AvgIpc) is 2.87. The highest BCUT2D eigenvalue weighted by atomic mass is 127. The molecule has 2 heterocycles. The summed E-state index contributed by atoms with van der Waals surface area (Å²) in [6.07, 6.45) is 5.11. The maximum atomic E-state index is 12.2. The number of hydrogen-bond acceptors (Lipinski definition) is 3. The lowest BCUT2D eigenvalue weighted by molar-refractivity contribution is -0.152. The van der Waals surface area contributed by atoms with E-state index in [1.807, 2.05) is 20.8 Å². The van der Waals surface area contributed by atoms with Gasteiger partial charge in [0.1, 0.15) is 5.60 Å². The van der Waals surface area contributed by atoms with E-state index in [0.717, 1.165) is 9.13 Å². The number of carboxylic acid groups (broad SMARTS) is 1. The van der Waals surface area contributed by atoms with Gasteiger partial charge in [-0.1, -0.05) is 0 Å². The van der Waals surface area contributed by atoms with Crippen LogP contribution in [-0.4, -0.2) is 45.3 Å². The van der Waals surface area contributed by atoms with E-state index in [-0.39, 0.29) is 6.09 Å². The van der Waals surface area contributed by atoms with Gasteiger partial charge in [0, 0.05) is 35.1 Å². The number of amides is 1. The Bertz CT molecular complexity index is 668. The first-order chi connectivity index (χ1) is 11.9. The first kappa shape index (κ1) is 21.1. The van der Waals surface area contributed by atoms with E-state index in [1.165, 1.54) is 0 Å². The highest BCUT2D eigenvalue weighted by Crippen LogP contribution is 2.37. The molecule has 0 spiro atoms. The summed E-state index contributed by atoms with van der Waals surface area (Å²) >= 11 is 2.27. The molecule has 6 nitrogen and oxygen atoms in total. The molecule has 1 saturated heterocycles. The molecule has 1 aliphatic rings. The molecule has 1 N–H and O–H groups in total. The lowest BCUT2D eigenvalue weighted by Crippen LogP contribution is -2.48. The number of piperidine rings is 1. The van der Waals surface area contributed by atoms with Crippen molar-refractivity contribution in [2.24, 2.45) is 5.41 Å². The SMILES string of the molecule is CC(C)n1cc(I)c(CC2(C(=O)O)CCN(C(=O)OC(C)(C)C)CC2)c1. The van der Waals surface area contributed by atoms with Crippen molar-refractivity contribution >= 4 is 34.7 Å². The number of aromatic nitrogens is 1. The molecule has 146 valence electrons. The largest absolute Gasteiger partial charge is 0.481 e. The van der Waals surface area contributed by atoms with Crippen LogP contribution in [0.4, 0.5) is 4.79 Å². The Hall–Kier alpha value is -1.25. The molecule has 1 fully saturated rings. The van der Waals surface area contributed by atoms with E-state index >= 15 is 0 Å². The molecular formula is C19H29IN2O4. The number of likely N-dealkylation sites (tertiary alicyclic amines) is 1. The second-order valence-electron chi connectivity index (χ2n) is 8.40. The molecule has 0 aliphatic carbocycles. The summed E-state index contributed by atoms with van der Waals surface area (Å²) in [5, 5.41) is 9.92. The van der Waals surface area contributed by atoms with Crippen LogP contribution >= 0.6 is 22.6 Å². The topological polar surface area (TPSA) is 71.8 Å². The van der Waals surface area contributed by atoms with Crippen LogP contribution in [0.25, 0.3) is 0 Å². The number of carbonyl (C=O) groups excluding carboxylic acids is 1.